The number of para-hydroxylation sites is 1. The second-order valence-corrected chi connectivity index (χ2v) is 8.23. The first-order valence-electron chi connectivity index (χ1n) is 10.5. The fourth-order valence-electron chi connectivity index (χ4n) is 4.93. The predicted octanol–water partition coefficient (Wildman–Crippen LogP) is 2.21. The number of carbonyl (C=O) groups excluding carboxylic acids is 3. The summed E-state index contributed by atoms with van der Waals surface area (Å²) in [5, 5.41) is 0. The first-order valence-corrected chi connectivity index (χ1v) is 10.5. The molecule has 1 aromatic rings. The summed E-state index contributed by atoms with van der Waals surface area (Å²) in [6.45, 7) is 5.32. The molecule has 2 atom stereocenters. The van der Waals surface area contributed by atoms with Gasteiger partial charge in [-0.1, -0.05) is 31.0 Å². The van der Waals surface area contributed by atoms with Gasteiger partial charge in [0.25, 0.3) is 0 Å². The molecular formula is C22H29N3O3. The van der Waals surface area contributed by atoms with Gasteiger partial charge in [-0.2, -0.15) is 0 Å². The van der Waals surface area contributed by atoms with Crippen LogP contribution in [0.2, 0.25) is 0 Å². The minimum Gasteiger partial charge on any atom is -0.368 e. The van der Waals surface area contributed by atoms with E-state index < -0.39 is 0 Å². The maximum atomic E-state index is 12.7. The lowest BCUT2D eigenvalue weighted by molar-refractivity contribution is -0.140. The zero-order valence-corrected chi connectivity index (χ0v) is 16.6. The van der Waals surface area contributed by atoms with Gasteiger partial charge in [0.1, 0.15) is 0 Å². The number of likely N-dealkylation sites (tertiary alicyclic amines) is 1. The van der Waals surface area contributed by atoms with E-state index in [1.165, 1.54) is 16.2 Å². The van der Waals surface area contributed by atoms with Gasteiger partial charge in [-0.05, 0) is 31.4 Å². The second kappa shape index (κ2) is 7.94. The molecular weight excluding hydrogens is 354 g/mol. The molecule has 1 aromatic carbocycles. The Bertz CT molecular complexity index is 746. The average molecular weight is 383 g/mol. The molecule has 3 amide bonds. The quantitative estimate of drug-likeness (QED) is 0.748. The fraction of sp³-hybridized carbons (Fsp3) is 0.591. The van der Waals surface area contributed by atoms with Crippen LogP contribution in [0.25, 0.3) is 0 Å². The van der Waals surface area contributed by atoms with Gasteiger partial charge in [-0.15, -0.1) is 0 Å². The topological polar surface area (TPSA) is 60.9 Å². The van der Waals surface area contributed by atoms with Crippen LogP contribution in [-0.2, 0) is 14.4 Å². The maximum absolute atomic E-state index is 12.7. The van der Waals surface area contributed by atoms with Gasteiger partial charge in [-0.3, -0.25) is 19.3 Å². The standard InChI is InChI=1S/C22H29N3O3/c1-16-6-2-5-9-19(16)23-12-14-24(15-13-23)20(26)10-11-25-21(27)17-7-3-4-8-18(17)22(25)28/h2,5-6,9,17-18H,3-4,7-8,10-15H2,1H3/t17-,18-/m1/s1. The van der Waals surface area contributed by atoms with Gasteiger partial charge < -0.3 is 9.80 Å². The Balaban J connectivity index is 1.29. The van der Waals surface area contributed by atoms with Gasteiger partial charge in [0, 0.05) is 44.8 Å². The van der Waals surface area contributed by atoms with Crippen molar-refractivity contribution in [2.24, 2.45) is 11.8 Å². The fourth-order valence-corrected chi connectivity index (χ4v) is 4.93. The van der Waals surface area contributed by atoms with Crippen LogP contribution in [0.5, 0.6) is 0 Å². The normalized spacial score (nSPS) is 25.2. The van der Waals surface area contributed by atoms with Crippen LogP contribution in [0.15, 0.2) is 24.3 Å². The van der Waals surface area contributed by atoms with E-state index in [-0.39, 0.29) is 42.5 Å². The third kappa shape index (κ3) is 3.52. The van der Waals surface area contributed by atoms with Gasteiger partial charge >= 0.3 is 0 Å². The molecule has 6 nitrogen and oxygen atoms in total. The van der Waals surface area contributed by atoms with Crippen molar-refractivity contribution in [2.75, 3.05) is 37.6 Å². The van der Waals surface area contributed by atoms with Gasteiger partial charge in [0.15, 0.2) is 0 Å². The van der Waals surface area contributed by atoms with Crippen molar-refractivity contribution in [1.29, 1.82) is 0 Å². The third-order valence-corrected chi connectivity index (χ3v) is 6.57. The Morgan fingerprint density at radius 3 is 2.18 bits per heavy atom. The lowest BCUT2D eigenvalue weighted by Crippen LogP contribution is -2.49. The van der Waals surface area contributed by atoms with E-state index in [9.17, 15) is 14.4 Å². The highest BCUT2D eigenvalue weighted by atomic mass is 16.2. The zero-order chi connectivity index (χ0) is 19.7. The summed E-state index contributed by atoms with van der Waals surface area (Å²) in [6.07, 6.45) is 3.93. The van der Waals surface area contributed by atoms with Crippen LogP contribution in [0.4, 0.5) is 5.69 Å². The highest BCUT2D eigenvalue weighted by molar-refractivity contribution is 6.05. The van der Waals surface area contributed by atoms with Crippen molar-refractivity contribution in [3.63, 3.8) is 0 Å². The molecule has 0 bridgehead atoms. The first-order chi connectivity index (χ1) is 13.6. The molecule has 0 unspecified atom stereocenters. The Labute approximate surface area is 166 Å². The number of hydrogen-bond donors (Lipinski definition) is 0. The first kappa shape index (κ1) is 19.0. The molecule has 3 aliphatic rings. The molecule has 4 rings (SSSR count). The lowest BCUT2D eigenvalue weighted by atomic mass is 9.81. The monoisotopic (exact) mass is 383 g/mol. The van der Waals surface area contributed by atoms with Crippen molar-refractivity contribution in [3.8, 4) is 0 Å². The summed E-state index contributed by atoms with van der Waals surface area (Å²) in [5.41, 5.74) is 2.47. The Morgan fingerprint density at radius 1 is 0.964 bits per heavy atom. The molecule has 2 saturated heterocycles. The molecule has 2 heterocycles. The maximum Gasteiger partial charge on any atom is 0.233 e. The summed E-state index contributed by atoms with van der Waals surface area (Å²) in [4.78, 5) is 43.3. The molecule has 6 heteroatoms. The summed E-state index contributed by atoms with van der Waals surface area (Å²) in [7, 11) is 0. The van der Waals surface area contributed by atoms with Crippen LogP contribution in [-0.4, -0.2) is 60.2 Å². The van der Waals surface area contributed by atoms with E-state index in [4.69, 9.17) is 0 Å². The molecule has 2 aliphatic heterocycles. The summed E-state index contributed by atoms with van der Waals surface area (Å²) < 4.78 is 0. The largest absolute Gasteiger partial charge is 0.368 e. The Morgan fingerprint density at radius 2 is 1.57 bits per heavy atom. The molecule has 0 spiro atoms. The van der Waals surface area contributed by atoms with E-state index >= 15 is 0 Å². The van der Waals surface area contributed by atoms with Crippen molar-refractivity contribution >= 4 is 23.4 Å². The number of aryl methyl sites for hydroxylation is 1. The molecule has 3 fully saturated rings. The minimum absolute atomic E-state index is 0.0416. The predicted molar refractivity (Wildman–Crippen MR) is 107 cm³/mol. The number of benzene rings is 1. The highest BCUT2D eigenvalue weighted by Crippen LogP contribution is 2.38. The zero-order valence-electron chi connectivity index (χ0n) is 16.6. The van der Waals surface area contributed by atoms with Gasteiger partial charge in [-0.25, -0.2) is 0 Å². The number of hydrogen-bond acceptors (Lipinski definition) is 4. The summed E-state index contributed by atoms with van der Waals surface area (Å²) >= 11 is 0. The molecule has 1 aliphatic carbocycles. The van der Waals surface area contributed by atoms with E-state index in [1.54, 1.807) is 0 Å². The van der Waals surface area contributed by atoms with E-state index in [2.05, 4.69) is 24.0 Å². The number of amides is 3. The average Bonchev–Trinajstić information content (AvgIpc) is 2.97. The van der Waals surface area contributed by atoms with Gasteiger partial charge in [0.2, 0.25) is 17.7 Å². The molecule has 28 heavy (non-hydrogen) atoms. The van der Waals surface area contributed by atoms with Gasteiger partial charge in [0.05, 0.1) is 11.8 Å². The number of carbonyl (C=O) groups is 3. The van der Waals surface area contributed by atoms with E-state index in [0.29, 0.717) is 13.1 Å². The van der Waals surface area contributed by atoms with E-state index in [1.807, 2.05) is 17.0 Å². The van der Waals surface area contributed by atoms with Crippen LogP contribution >= 0.6 is 0 Å². The number of nitrogens with zero attached hydrogens (tertiary/aromatic N) is 3. The van der Waals surface area contributed by atoms with Crippen LogP contribution in [0.1, 0.15) is 37.7 Å². The highest BCUT2D eigenvalue weighted by Gasteiger charge is 2.47. The summed E-state index contributed by atoms with van der Waals surface area (Å²) in [6, 6.07) is 8.31. The number of rotatable bonds is 4. The number of imide groups is 1. The lowest BCUT2D eigenvalue weighted by Gasteiger charge is -2.37. The van der Waals surface area contributed by atoms with E-state index in [0.717, 1.165) is 38.8 Å². The Hall–Kier alpha value is -2.37. The molecule has 0 radical (unpaired) electrons. The van der Waals surface area contributed by atoms with Crippen molar-refractivity contribution in [3.05, 3.63) is 29.8 Å². The molecule has 0 aromatic heterocycles. The van der Waals surface area contributed by atoms with Crippen LogP contribution in [0, 0.1) is 18.8 Å². The molecule has 1 saturated carbocycles. The van der Waals surface area contributed by atoms with Crippen molar-refractivity contribution in [2.45, 2.75) is 39.0 Å². The SMILES string of the molecule is Cc1ccccc1N1CCN(C(=O)CCN2C(=O)[C@@H]3CCCC[C@H]3C2=O)CC1. The van der Waals surface area contributed by atoms with Crippen LogP contribution in [0.3, 0.4) is 0 Å². The minimum atomic E-state index is -0.131. The number of fused-ring (bicyclic) bond motifs is 1. The summed E-state index contributed by atoms with van der Waals surface area (Å²) in [5.74, 6) is -0.318. The number of piperazine rings is 1. The Kier molecular flexibility index (Phi) is 5.38. The van der Waals surface area contributed by atoms with Crippen LogP contribution < -0.4 is 4.90 Å². The molecule has 150 valence electrons. The van der Waals surface area contributed by atoms with Crippen molar-refractivity contribution < 1.29 is 14.4 Å². The molecule has 0 N–H and O–H groups in total. The second-order valence-electron chi connectivity index (χ2n) is 8.23. The van der Waals surface area contributed by atoms with Crippen molar-refractivity contribution in [1.82, 2.24) is 9.80 Å². The smallest absolute Gasteiger partial charge is 0.233 e. The third-order valence-electron chi connectivity index (χ3n) is 6.57. The number of anilines is 1.